The Hall–Kier alpha value is -0.860. The molecule has 0 bridgehead atoms. The summed E-state index contributed by atoms with van der Waals surface area (Å²) < 4.78 is 5.57. The van der Waals surface area contributed by atoms with Gasteiger partial charge in [-0.15, -0.1) is 0 Å². The molecule has 0 spiro atoms. The third-order valence-corrected chi connectivity index (χ3v) is 4.88. The molecule has 0 unspecified atom stereocenters. The van der Waals surface area contributed by atoms with Gasteiger partial charge >= 0.3 is 0 Å². The number of benzene rings is 1. The quantitative estimate of drug-likeness (QED) is 0.869. The maximum atomic E-state index is 9.68. The van der Waals surface area contributed by atoms with E-state index in [9.17, 15) is 5.11 Å². The molecule has 1 aromatic carbocycles. The van der Waals surface area contributed by atoms with Crippen molar-refractivity contribution >= 4 is 0 Å². The van der Waals surface area contributed by atoms with Crippen LogP contribution >= 0.6 is 0 Å². The lowest BCUT2D eigenvalue weighted by Gasteiger charge is -2.50. The molecule has 18 heavy (non-hydrogen) atoms. The summed E-state index contributed by atoms with van der Waals surface area (Å²) in [5.74, 6) is 0.677. The van der Waals surface area contributed by atoms with E-state index in [1.165, 1.54) is 11.1 Å². The molecular formula is C16H22O2. The Morgan fingerprint density at radius 2 is 1.78 bits per heavy atom. The number of rotatable bonds is 2. The number of hydrogen-bond acceptors (Lipinski definition) is 2. The minimum Gasteiger partial charge on any atom is -0.393 e. The van der Waals surface area contributed by atoms with Crippen LogP contribution in [0.25, 0.3) is 0 Å². The van der Waals surface area contributed by atoms with Crippen LogP contribution in [0.2, 0.25) is 0 Å². The van der Waals surface area contributed by atoms with Crippen molar-refractivity contribution in [2.75, 3.05) is 13.2 Å². The van der Waals surface area contributed by atoms with Crippen LogP contribution in [0.3, 0.4) is 0 Å². The molecule has 0 atom stereocenters. The van der Waals surface area contributed by atoms with Crippen molar-refractivity contribution in [1.82, 2.24) is 0 Å². The van der Waals surface area contributed by atoms with E-state index in [0.717, 1.165) is 38.9 Å². The molecule has 0 aromatic heterocycles. The van der Waals surface area contributed by atoms with Gasteiger partial charge < -0.3 is 9.84 Å². The van der Waals surface area contributed by atoms with Crippen LogP contribution in [0, 0.1) is 12.8 Å². The van der Waals surface area contributed by atoms with Gasteiger partial charge in [-0.25, -0.2) is 0 Å². The zero-order valence-corrected chi connectivity index (χ0v) is 11.1. The lowest BCUT2D eigenvalue weighted by molar-refractivity contribution is -0.103. The summed E-state index contributed by atoms with van der Waals surface area (Å²) in [6, 6.07) is 8.72. The molecule has 1 heterocycles. The maximum absolute atomic E-state index is 9.68. The van der Waals surface area contributed by atoms with E-state index < -0.39 is 0 Å². The molecule has 0 radical (unpaired) electrons. The van der Waals surface area contributed by atoms with Gasteiger partial charge in [0, 0.05) is 5.41 Å². The number of aliphatic hydroxyl groups is 1. The summed E-state index contributed by atoms with van der Waals surface area (Å²) in [4.78, 5) is 0. The smallest absolute Gasteiger partial charge is 0.0588 e. The van der Waals surface area contributed by atoms with Gasteiger partial charge in [-0.3, -0.25) is 0 Å². The number of hydrogen-bond donors (Lipinski definition) is 1. The van der Waals surface area contributed by atoms with Gasteiger partial charge in [0.15, 0.2) is 0 Å². The Bertz CT molecular complexity index is 415. The zero-order valence-electron chi connectivity index (χ0n) is 11.1. The average molecular weight is 246 g/mol. The first-order chi connectivity index (χ1) is 8.72. The third-order valence-electron chi connectivity index (χ3n) is 4.88. The van der Waals surface area contributed by atoms with Crippen molar-refractivity contribution in [3.8, 4) is 0 Å². The van der Waals surface area contributed by atoms with E-state index in [0.29, 0.717) is 5.92 Å². The predicted molar refractivity (Wildman–Crippen MR) is 71.6 cm³/mol. The first-order valence-electron chi connectivity index (χ1n) is 7.04. The van der Waals surface area contributed by atoms with E-state index in [1.807, 2.05) is 0 Å². The maximum Gasteiger partial charge on any atom is 0.0588 e. The Morgan fingerprint density at radius 1 is 1.11 bits per heavy atom. The standard InChI is InChI=1S/C16H22O2/c1-12-4-2-3-5-15(12)16(10-18-11-16)13-6-8-14(17)9-7-13/h2-5,13-14,17H,6-11H2,1H3. The lowest BCUT2D eigenvalue weighted by Crippen LogP contribution is -2.53. The molecule has 0 amide bonds. The van der Waals surface area contributed by atoms with E-state index >= 15 is 0 Å². The molecule has 2 fully saturated rings. The molecule has 2 heteroatoms. The molecule has 98 valence electrons. The van der Waals surface area contributed by atoms with Crippen LogP contribution < -0.4 is 0 Å². The van der Waals surface area contributed by atoms with Crippen LogP contribution in [-0.4, -0.2) is 24.4 Å². The van der Waals surface area contributed by atoms with Gasteiger partial charge in [-0.2, -0.15) is 0 Å². The highest BCUT2D eigenvalue weighted by molar-refractivity contribution is 5.36. The average Bonchev–Trinajstić information content (AvgIpc) is 2.32. The predicted octanol–water partition coefficient (Wildman–Crippen LogP) is 2.81. The van der Waals surface area contributed by atoms with E-state index in [4.69, 9.17) is 4.74 Å². The largest absolute Gasteiger partial charge is 0.393 e. The minimum absolute atomic E-state index is 0.0730. The lowest BCUT2D eigenvalue weighted by atomic mass is 9.62. The van der Waals surface area contributed by atoms with Crippen molar-refractivity contribution in [1.29, 1.82) is 0 Å². The fourth-order valence-electron chi connectivity index (χ4n) is 3.69. The summed E-state index contributed by atoms with van der Waals surface area (Å²) in [5, 5.41) is 9.68. The van der Waals surface area contributed by atoms with Crippen LogP contribution in [-0.2, 0) is 10.2 Å². The summed E-state index contributed by atoms with van der Waals surface area (Å²) in [6.07, 6.45) is 4.12. The molecule has 2 aliphatic rings. The van der Waals surface area contributed by atoms with Crippen LogP contribution in [0.1, 0.15) is 36.8 Å². The summed E-state index contributed by atoms with van der Waals surface area (Å²) >= 11 is 0. The van der Waals surface area contributed by atoms with Crippen molar-refractivity contribution in [2.24, 2.45) is 5.92 Å². The molecule has 1 aromatic rings. The molecule has 1 aliphatic carbocycles. The fraction of sp³-hybridized carbons (Fsp3) is 0.625. The van der Waals surface area contributed by atoms with Gasteiger partial charge in [-0.05, 0) is 49.7 Å². The Kier molecular flexibility index (Phi) is 3.16. The Morgan fingerprint density at radius 3 is 2.33 bits per heavy atom. The summed E-state index contributed by atoms with van der Waals surface area (Å²) in [7, 11) is 0. The molecule has 3 rings (SSSR count). The number of aliphatic hydroxyl groups excluding tert-OH is 1. The van der Waals surface area contributed by atoms with Gasteiger partial charge in [0.25, 0.3) is 0 Å². The molecule has 1 aliphatic heterocycles. The highest BCUT2D eigenvalue weighted by Gasteiger charge is 2.48. The van der Waals surface area contributed by atoms with Gasteiger partial charge in [0.1, 0.15) is 0 Å². The zero-order chi connectivity index (χ0) is 12.6. The van der Waals surface area contributed by atoms with Crippen LogP contribution in [0.5, 0.6) is 0 Å². The van der Waals surface area contributed by atoms with E-state index in [2.05, 4.69) is 31.2 Å². The topological polar surface area (TPSA) is 29.5 Å². The fourth-order valence-corrected chi connectivity index (χ4v) is 3.69. The second-order valence-electron chi connectivity index (χ2n) is 5.97. The Labute approximate surface area is 109 Å². The van der Waals surface area contributed by atoms with Gasteiger partial charge in [0.05, 0.1) is 19.3 Å². The molecule has 1 N–H and O–H groups in total. The molecular weight excluding hydrogens is 224 g/mol. The summed E-state index contributed by atoms with van der Waals surface area (Å²) in [5.41, 5.74) is 3.08. The highest BCUT2D eigenvalue weighted by atomic mass is 16.5. The summed E-state index contributed by atoms with van der Waals surface area (Å²) in [6.45, 7) is 3.92. The minimum atomic E-state index is -0.0730. The molecule has 1 saturated heterocycles. The van der Waals surface area contributed by atoms with Gasteiger partial charge in [0.2, 0.25) is 0 Å². The number of ether oxygens (including phenoxy) is 1. The normalized spacial score (nSPS) is 30.8. The highest BCUT2D eigenvalue weighted by Crippen LogP contribution is 2.46. The van der Waals surface area contributed by atoms with Crippen molar-refractivity contribution in [3.05, 3.63) is 35.4 Å². The monoisotopic (exact) mass is 246 g/mol. The molecule has 1 saturated carbocycles. The molecule has 2 nitrogen and oxygen atoms in total. The van der Waals surface area contributed by atoms with Gasteiger partial charge in [-0.1, -0.05) is 24.3 Å². The van der Waals surface area contributed by atoms with Crippen molar-refractivity contribution < 1.29 is 9.84 Å². The number of aryl methyl sites for hydroxylation is 1. The second-order valence-corrected chi connectivity index (χ2v) is 5.97. The van der Waals surface area contributed by atoms with E-state index in [-0.39, 0.29) is 11.5 Å². The van der Waals surface area contributed by atoms with Crippen molar-refractivity contribution in [3.63, 3.8) is 0 Å². The van der Waals surface area contributed by atoms with E-state index in [1.54, 1.807) is 0 Å². The second kappa shape index (κ2) is 4.67. The first-order valence-corrected chi connectivity index (χ1v) is 7.04. The SMILES string of the molecule is Cc1ccccc1C1(C2CCC(O)CC2)COC1. The van der Waals surface area contributed by atoms with Crippen molar-refractivity contribution in [2.45, 2.75) is 44.1 Å². The van der Waals surface area contributed by atoms with Crippen LogP contribution in [0.4, 0.5) is 0 Å². The third kappa shape index (κ3) is 1.88. The first kappa shape index (κ1) is 12.2. The Balaban J connectivity index is 1.88. The van der Waals surface area contributed by atoms with Crippen LogP contribution in [0.15, 0.2) is 24.3 Å².